The lowest BCUT2D eigenvalue weighted by Crippen LogP contribution is -2.23. The number of amides is 1. The zero-order valence-electron chi connectivity index (χ0n) is 11.8. The van der Waals surface area contributed by atoms with E-state index in [4.69, 9.17) is 0 Å². The Bertz CT molecular complexity index is 135. The molecule has 0 aromatic carbocycles. The van der Waals surface area contributed by atoms with Gasteiger partial charge in [-0.3, -0.25) is 4.79 Å². The van der Waals surface area contributed by atoms with E-state index in [2.05, 4.69) is 12.2 Å². The highest BCUT2D eigenvalue weighted by molar-refractivity contribution is 5.75. The molecule has 2 heteroatoms. The third kappa shape index (κ3) is 15.9. The van der Waals surface area contributed by atoms with E-state index in [-0.39, 0.29) is 5.91 Å². The van der Waals surface area contributed by atoms with Crippen molar-refractivity contribution in [2.45, 2.75) is 79.1 Å². The number of carbonyl (C=O) groups excluding carboxylic acids is 1. The van der Waals surface area contributed by atoms with Crippen LogP contribution in [0.2, 0.25) is 0 Å². The van der Waals surface area contributed by atoms with Gasteiger partial charge < -0.3 is 5.32 Å². The smallest absolute Gasteiger partial charge is 0.219 e. The lowest BCUT2D eigenvalue weighted by Gasteiger charge is -2.03. The Kier molecular flexibility index (Phi) is 18.8. The van der Waals surface area contributed by atoms with Crippen molar-refractivity contribution < 1.29 is 4.79 Å². The Morgan fingerprint density at radius 3 is 1.88 bits per heavy atom. The summed E-state index contributed by atoms with van der Waals surface area (Å²) < 4.78 is 0. The molecule has 1 amide bonds. The molecule has 0 fully saturated rings. The van der Waals surface area contributed by atoms with Gasteiger partial charge in [-0.25, -0.2) is 0 Å². The van der Waals surface area contributed by atoms with E-state index in [1.54, 1.807) is 0 Å². The first-order chi connectivity index (χ1) is 7.81. The summed E-state index contributed by atoms with van der Waals surface area (Å²) in [4.78, 5) is 10.9. The predicted molar refractivity (Wildman–Crippen MR) is 72.6 cm³/mol. The van der Waals surface area contributed by atoms with Crippen molar-refractivity contribution in [1.82, 2.24) is 5.32 Å². The van der Waals surface area contributed by atoms with Crippen LogP contribution in [0.15, 0.2) is 0 Å². The van der Waals surface area contributed by atoms with Crippen LogP contribution in [0.3, 0.4) is 0 Å². The van der Waals surface area contributed by atoms with Crippen LogP contribution in [0.5, 0.6) is 0 Å². The van der Waals surface area contributed by atoms with E-state index in [0.717, 1.165) is 13.0 Å². The van der Waals surface area contributed by atoms with Gasteiger partial charge in [-0.1, -0.05) is 66.2 Å². The zero-order valence-corrected chi connectivity index (χ0v) is 11.8. The molecule has 0 spiro atoms. The Labute approximate surface area is 102 Å². The van der Waals surface area contributed by atoms with Crippen molar-refractivity contribution in [3.05, 3.63) is 0 Å². The van der Waals surface area contributed by atoms with Gasteiger partial charge in [0.05, 0.1) is 0 Å². The summed E-state index contributed by atoms with van der Waals surface area (Å²) in [6, 6.07) is 0. The highest BCUT2D eigenvalue weighted by atomic mass is 16.1. The molecule has 16 heavy (non-hydrogen) atoms. The second kappa shape index (κ2) is 16.9. The molecular weight excluding hydrogens is 198 g/mol. The normalized spacial score (nSPS) is 9.25. The van der Waals surface area contributed by atoms with Gasteiger partial charge in [0.2, 0.25) is 5.91 Å². The first kappa shape index (κ1) is 17.9. The minimum atomic E-state index is 0.177. The van der Waals surface area contributed by atoms with Gasteiger partial charge in [0.25, 0.3) is 0 Å². The summed E-state index contributed by atoms with van der Waals surface area (Å²) in [7, 11) is 0. The molecule has 0 rings (SSSR count). The second-order valence-corrected chi connectivity index (χ2v) is 3.82. The maximum Gasteiger partial charge on any atom is 0.219 e. The lowest BCUT2D eigenvalue weighted by molar-refractivity contribution is -0.120. The molecule has 0 aliphatic rings. The van der Waals surface area contributed by atoms with Gasteiger partial charge in [-0.05, 0) is 6.42 Å². The van der Waals surface area contributed by atoms with E-state index in [9.17, 15) is 4.79 Å². The maximum atomic E-state index is 10.9. The highest BCUT2D eigenvalue weighted by Crippen LogP contribution is 2.06. The van der Waals surface area contributed by atoms with Crippen LogP contribution in [-0.4, -0.2) is 12.5 Å². The molecule has 0 aromatic rings. The molecule has 0 heterocycles. The van der Waals surface area contributed by atoms with Gasteiger partial charge in [-0.2, -0.15) is 0 Å². The van der Waals surface area contributed by atoms with Crippen molar-refractivity contribution in [1.29, 1.82) is 0 Å². The summed E-state index contributed by atoms with van der Waals surface area (Å²) in [5, 5.41) is 2.90. The minimum absolute atomic E-state index is 0.177. The van der Waals surface area contributed by atoms with Crippen molar-refractivity contribution in [2.24, 2.45) is 0 Å². The Balaban J connectivity index is 0. The van der Waals surface area contributed by atoms with Crippen LogP contribution in [0, 0.1) is 0 Å². The van der Waals surface area contributed by atoms with Crippen molar-refractivity contribution >= 4 is 5.91 Å². The van der Waals surface area contributed by atoms with Crippen LogP contribution in [-0.2, 0) is 4.79 Å². The van der Waals surface area contributed by atoms with Crippen LogP contribution in [0.25, 0.3) is 0 Å². The van der Waals surface area contributed by atoms with E-state index < -0.39 is 0 Å². The van der Waals surface area contributed by atoms with Crippen LogP contribution in [0.1, 0.15) is 79.1 Å². The molecule has 0 aliphatic heterocycles. The fourth-order valence-electron chi connectivity index (χ4n) is 1.43. The van der Waals surface area contributed by atoms with Gasteiger partial charge >= 0.3 is 0 Å². The fourth-order valence-corrected chi connectivity index (χ4v) is 1.43. The molecule has 0 saturated carbocycles. The highest BCUT2D eigenvalue weighted by Gasteiger charge is 1.94. The molecule has 98 valence electrons. The largest absolute Gasteiger partial charge is 0.356 e. The summed E-state index contributed by atoms with van der Waals surface area (Å²) in [6.45, 7) is 8.99. The number of hydrogen-bond acceptors (Lipinski definition) is 1. The topological polar surface area (TPSA) is 29.1 Å². The number of rotatable bonds is 9. The molecular formula is C14H31NO. The molecule has 0 atom stereocenters. The zero-order chi connectivity index (χ0) is 12.6. The van der Waals surface area contributed by atoms with Crippen molar-refractivity contribution in [3.63, 3.8) is 0 Å². The number of carbonyl (C=O) groups is 1. The Morgan fingerprint density at radius 2 is 1.38 bits per heavy atom. The second-order valence-electron chi connectivity index (χ2n) is 3.82. The molecule has 0 saturated heterocycles. The SMILES string of the molecule is CC.CCCCCCCCCNC(=O)CC. The fraction of sp³-hybridized carbons (Fsp3) is 0.929. The van der Waals surface area contributed by atoms with E-state index in [1.165, 1.54) is 38.5 Å². The molecule has 0 aromatic heterocycles. The number of hydrogen-bond donors (Lipinski definition) is 1. The van der Waals surface area contributed by atoms with Crippen LogP contribution < -0.4 is 5.32 Å². The molecule has 0 bridgehead atoms. The lowest BCUT2D eigenvalue weighted by atomic mass is 10.1. The Morgan fingerprint density at radius 1 is 0.875 bits per heavy atom. The van der Waals surface area contributed by atoms with Gasteiger partial charge in [0.15, 0.2) is 0 Å². The maximum absolute atomic E-state index is 10.9. The summed E-state index contributed by atoms with van der Waals surface area (Å²) >= 11 is 0. The molecule has 0 unspecified atom stereocenters. The minimum Gasteiger partial charge on any atom is -0.356 e. The molecule has 0 radical (unpaired) electrons. The first-order valence-corrected chi connectivity index (χ1v) is 7.08. The van der Waals surface area contributed by atoms with Crippen molar-refractivity contribution in [2.75, 3.05) is 6.54 Å². The quantitative estimate of drug-likeness (QED) is 0.587. The number of unbranched alkanes of at least 4 members (excludes halogenated alkanes) is 6. The average Bonchev–Trinajstić information content (AvgIpc) is 2.34. The van der Waals surface area contributed by atoms with E-state index in [0.29, 0.717) is 6.42 Å². The van der Waals surface area contributed by atoms with Gasteiger partial charge in [0, 0.05) is 13.0 Å². The van der Waals surface area contributed by atoms with E-state index in [1.807, 2.05) is 20.8 Å². The Hall–Kier alpha value is -0.530. The van der Waals surface area contributed by atoms with Crippen LogP contribution >= 0.6 is 0 Å². The summed E-state index contributed by atoms with van der Waals surface area (Å²) in [5.74, 6) is 0.177. The molecule has 2 nitrogen and oxygen atoms in total. The monoisotopic (exact) mass is 229 g/mol. The molecule has 0 aliphatic carbocycles. The number of nitrogens with one attached hydrogen (secondary N) is 1. The summed E-state index contributed by atoms with van der Waals surface area (Å²) in [6.07, 6.45) is 9.73. The van der Waals surface area contributed by atoms with Crippen LogP contribution in [0.4, 0.5) is 0 Å². The first-order valence-electron chi connectivity index (χ1n) is 7.08. The van der Waals surface area contributed by atoms with E-state index >= 15 is 0 Å². The third-order valence-electron chi connectivity index (χ3n) is 2.42. The standard InChI is InChI=1S/C12H25NO.C2H6/c1-3-5-6-7-8-9-10-11-13-12(14)4-2;1-2/h3-11H2,1-2H3,(H,13,14);1-2H3. The van der Waals surface area contributed by atoms with Gasteiger partial charge in [-0.15, -0.1) is 0 Å². The predicted octanol–water partition coefficient (Wildman–Crippen LogP) is 4.29. The molecule has 1 N–H and O–H groups in total. The van der Waals surface area contributed by atoms with Gasteiger partial charge in [0.1, 0.15) is 0 Å². The summed E-state index contributed by atoms with van der Waals surface area (Å²) in [5.41, 5.74) is 0. The van der Waals surface area contributed by atoms with Crippen molar-refractivity contribution in [3.8, 4) is 0 Å². The average molecular weight is 229 g/mol. The third-order valence-corrected chi connectivity index (χ3v) is 2.42.